The van der Waals surface area contributed by atoms with E-state index in [4.69, 9.17) is 28.9 Å². The zero-order chi connectivity index (χ0) is 28.0. The van der Waals surface area contributed by atoms with Gasteiger partial charge in [-0.05, 0) is 47.7 Å². The smallest absolute Gasteiger partial charge is 0.345 e. The molecule has 2 aromatic carbocycles. The number of amides is 1. The maximum absolute atomic E-state index is 15.6. The van der Waals surface area contributed by atoms with Gasteiger partial charge in [-0.15, -0.1) is 11.3 Å². The molecule has 11 heteroatoms. The molecule has 1 aliphatic heterocycles. The van der Waals surface area contributed by atoms with Crippen LogP contribution < -0.4 is 16.4 Å². The van der Waals surface area contributed by atoms with Crippen LogP contribution in [-0.2, 0) is 10.3 Å². The lowest BCUT2D eigenvalue weighted by Gasteiger charge is -2.40. The maximum Gasteiger partial charge on any atom is 0.345 e. The van der Waals surface area contributed by atoms with Crippen LogP contribution in [0.4, 0.5) is 13.8 Å². The second-order valence-corrected chi connectivity index (χ2v) is 12.5. The SMILES string of the molecule is CC(C)(C)C[C@@H]1N[C@@H](C(=O)Nc2ccc(C(=O)O)s2)[C@H](c2cccc(Cl)c2F)[C@@]1(N)c1ccc(Cl)cc1F. The van der Waals surface area contributed by atoms with E-state index in [1.54, 1.807) is 6.07 Å². The number of thiophene rings is 1. The lowest BCUT2D eigenvalue weighted by molar-refractivity contribution is -0.118. The fourth-order valence-corrected chi connectivity index (χ4v) is 6.21. The number of nitrogens with one attached hydrogen (secondary N) is 2. The summed E-state index contributed by atoms with van der Waals surface area (Å²) in [6.45, 7) is 5.94. The molecule has 0 radical (unpaired) electrons. The van der Waals surface area contributed by atoms with Gasteiger partial charge in [0.2, 0.25) is 5.91 Å². The van der Waals surface area contributed by atoms with Crippen LogP contribution in [0.25, 0.3) is 0 Å². The molecule has 5 N–H and O–H groups in total. The molecule has 3 aromatic rings. The first-order chi connectivity index (χ1) is 17.7. The molecule has 0 spiro atoms. The van der Waals surface area contributed by atoms with Crippen LogP contribution >= 0.6 is 34.5 Å². The van der Waals surface area contributed by atoms with Crippen LogP contribution in [0.3, 0.4) is 0 Å². The van der Waals surface area contributed by atoms with Crippen LogP contribution in [0.5, 0.6) is 0 Å². The summed E-state index contributed by atoms with van der Waals surface area (Å²) < 4.78 is 31.1. The first-order valence-corrected chi connectivity index (χ1v) is 13.4. The average Bonchev–Trinajstić information content (AvgIpc) is 3.38. The van der Waals surface area contributed by atoms with Gasteiger partial charge in [-0.2, -0.15) is 0 Å². The molecule has 4 rings (SSSR count). The highest BCUT2D eigenvalue weighted by Crippen LogP contribution is 2.50. The number of carbonyl (C=O) groups excluding carboxylic acids is 1. The summed E-state index contributed by atoms with van der Waals surface area (Å²) in [5.74, 6) is -4.24. The molecular weight excluding hydrogens is 555 g/mol. The van der Waals surface area contributed by atoms with E-state index in [0.29, 0.717) is 11.4 Å². The number of rotatable bonds is 6. The third-order valence-corrected chi connectivity index (χ3v) is 8.20. The van der Waals surface area contributed by atoms with Gasteiger partial charge in [-0.25, -0.2) is 13.6 Å². The first-order valence-electron chi connectivity index (χ1n) is 11.8. The molecular formula is C27H27Cl2F2N3O3S. The number of carboxylic acids is 1. The quantitative estimate of drug-likeness (QED) is 0.270. The molecule has 38 heavy (non-hydrogen) atoms. The van der Waals surface area contributed by atoms with Crippen molar-refractivity contribution in [3.05, 3.63) is 86.2 Å². The van der Waals surface area contributed by atoms with Gasteiger partial charge in [-0.1, -0.05) is 62.2 Å². The highest BCUT2D eigenvalue weighted by atomic mass is 35.5. The van der Waals surface area contributed by atoms with E-state index < -0.39 is 47.1 Å². The van der Waals surface area contributed by atoms with E-state index in [1.165, 1.54) is 36.4 Å². The van der Waals surface area contributed by atoms with Crippen molar-refractivity contribution in [2.45, 2.75) is 50.7 Å². The van der Waals surface area contributed by atoms with Crippen LogP contribution in [0.15, 0.2) is 48.5 Å². The van der Waals surface area contributed by atoms with Crippen molar-refractivity contribution in [2.75, 3.05) is 5.32 Å². The van der Waals surface area contributed by atoms with Gasteiger partial charge in [-0.3, -0.25) is 4.79 Å². The van der Waals surface area contributed by atoms with E-state index in [0.717, 1.165) is 17.4 Å². The highest BCUT2D eigenvalue weighted by molar-refractivity contribution is 7.18. The van der Waals surface area contributed by atoms with Gasteiger partial charge >= 0.3 is 5.97 Å². The van der Waals surface area contributed by atoms with Gasteiger partial charge < -0.3 is 21.5 Å². The Hall–Kier alpha value is -2.56. The largest absolute Gasteiger partial charge is 0.477 e. The zero-order valence-electron chi connectivity index (χ0n) is 20.8. The van der Waals surface area contributed by atoms with Crippen LogP contribution in [0, 0.1) is 17.0 Å². The summed E-state index contributed by atoms with van der Waals surface area (Å²) >= 11 is 13.0. The van der Waals surface area contributed by atoms with Crippen molar-refractivity contribution in [3.8, 4) is 0 Å². The van der Waals surface area contributed by atoms with Gasteiger partial charge in [0, 0.05) is 22.5 Å². The van der Waals surface area contributed by atoms with Gasteiger partial charge in [0.1, 0.15) is 16.5 Å². The van der Waals surface area contributed by atoms with Crippen molar-refractivity contribution < 1.29 is 23.5 Å². The molecule has 1 amide bonds. The minimum Gasteiger partial charge on any atom is -0.477 e. The van der Waals surface area contributed by atoms with E-state index in [-0.39, 0.29) is 31.5 Å². The number of aromatic carboxylic acids is 1. The number of carboxylic acid groups (broad SMARTS) is 1. The van der Waals surface area contributed by atoms with Crippen LogP contribution in [-0.4, -0.2) is 29.1 Å². The van der Waals surface area contributed by atoms with Crippen molar-refractivity contribution >= 4 is 51.4 Å². The molecule has 1 fully saturated rings. The molecule has 0 unspecified atom stereocenters. The fourth-order valence-electron chi connectivity index (χ4n) is 5.12. The Morgan fingerprint density at radius 3 is 2.47 bits per heavy atom. The van der Waals surface area contributed by atoms with E-state index in [1.807, 2.05) is 20.8 Å². The Bertz CT molecular complexity index is 1390. The first kappa shape index (κ1) is 28.4. The predicted molar refractivity (Wildman–Crippen MR) is 146 cm³/mol. The molecule has 2 heterocycles. The van der Waals surface area contributed by atoms with E-state index in [9.17, 15) is 14.7 Å². The molecule has 0 saturated carbocycles. The molecule has 0 bridgehead atoms. The minimum atomic E-state index is -1.60. The summed E-state index contributed by atoms with van der Waals surface area (Å²) in [6, 6.07) is 9.56. The lowest BCUT2D eigenvalue weighted by atomic mass is 9.68. The molecule has 4 atom stereocenters. The minimum absolute atomic E-state index is 0.0409. The molecule has 1 aromatic heterocycles. The Balaban J connectivity index is 1.89. The summed E-state index contributed by atoms with van der Waals surface area (Å²) in [4.78, 5) is 25.0. The van der Waals surface area contributed by atoms with Gasteiger partial charge in [0.05, 0.1) is 21.6 Å². The third kappa shape index (κ3) is 5.44. The monoisotopic (exact) mass is 581 g/mol. The topological polar surface area (TPSA) is 104 Å². The Labute approximate surface area is 233 Å². The Morgan fingerprint density at radius 2 is 1.87 bits per heavy atom. The number of hydrogen-bond donors (Lipinski definition) is 4. The van der Waals surface area contributed by atoms with Crippen molar-refractivity contribution in [1.82, 2.24) is 5.32 Å². The van der Waals surface area contributed by atoms with Crippen molar-refractivity contribution in [2.24, 2.45) is 11.1 Å². The number of hydrogen-bond acceptors (Lipinski definition) is 5. The number of carbonyl (C=O) groups is 2. The van der Waals surface area contributed by atoms with Crippen molar-refractivity contribution in [3.63, 3.8) is 0 Å². The van der Waals surface area contributed by atoms with Crippen LogP contribution in [0.2, 0.25) is 10.0 Å². The second kappa shape index (κ2) is 10.5. The van der Waals surface area contributed by atoms with Crippen molar-refractivity contribution in [1.29, 1.82) is 0 Å². The average molecular weight is 583 g/mol. The molecule has 1 saturated heterocycles. The molecule has 6 nitrogen and oxygen atoms in total. The normalized spacial score (nSPS) is 23.4. The summed E-state index contributed by atoms with van der Waals surface area (Å²) in [5.41, 5.74) is 5.35. The highest BCUT2D eigenvalue weighted by Gasteiger charge is 2.58. The van der Waals surface area contributed by atoms with E-state index in [2.05, 4.69) is 10.6 Å². The number of nitrogens with two attached hydrogens (primary N) is 1. The lowest BCUT2D eigenvalue weighted by Crippen LogP contribution is -2.52. The van der Waals surface area contributed by atoms with Gasteiger partial charge in [0.25, 0.3) is 0 Å². The molecule has 202 valence electrons. The number of halogens is 4. The van der Waals surface area contributed by atoms with Crippen LogP contribution in [0.1, 0.15) is 53.9 Å². The fraction of sp³-hybridized carbons (Fsp3) is 0.333. The molecule has 0 aliphatic carbocycles. The number of anilines is 1. The predicted octanol–water partition coefficient (Wildman–Crippen LogP) is 6.38. The van der Waals surface area contributed by atoms with E-state index >= 15 is 8.78 Å². The maximum atomic E-state index is 15.6. The standard InChI is InChI=1S/C27H27Cl2F2N3O3S/c1-26(2,3)12-19-27(32,15-8-7-13(28)11-17(15)30)21(14-5-4-6-16(29)22(14)31)23(33-19)24(35)34-20-10-9-18(38-20)25(36)37/h4-11,19,21,23,33H,12,32H2,1-3H3,(H,34,35)(H,36,37)/t19-,21-,23+,27+/m0/s1. The zero-order valence-corrected chi connectivity index (χ0v) is 23.1. The second-order valence-electron chi connectivity index (χ2n) is 10.6. The third-order valence-electron chi connectivity index (χ3n) is 6.68. The molecule has 1 aliphatic rings. The summed E-state index contributed by atoms with van der Waals surface area (Å²) in [7, 11) is 0. The summed E-state index contributed by atoms with van der Waals surface area (Å²) in [6.07, 6.45) is 0.413. The number of benzene rings is 2. The Morgan fingerprint density at radius 1 is 1.16 bits per heavy atom. The van der Waals surface area contributed by atoms with Gasteiger partial charge in [0.15, 0.2) is 0 Å². The Kier molecular flexibility index (Phi) is 7.89. The summed E-state index contributed by atoms with van der Waals surface area (Å²) in [5, 5.41) is 15.5.